The van der Waals surface area contributed by atoms with Crippen molar-refractivity contribution in [1.29, 1.82) is 0 Å². The SMILES string of the molecule is CSCCC(NC(=O)C1CCCN1)C(=O)NC(CC(C)C)C(=O)NC(C(=O)O)C(C)O. The number of thioether (sulfide) groups is 1. The Morgan fingerprint density at radius 2 is 1.71 bits per heavy atom. The average molecular weight is 461 g/mol. The molecule has 0 aromatic carbocycles. The zero-order chi connectivity index (χ0) is 23.6. The Bertz CT molecular complexity index is 625. The monoisotopic (exact) mass is 460 g/mol. The van der Waals surface area contributed by atoms with Crippen molar-refractivity contribution in [3.05, 3.63) is 0 Å². The Morgan fingerprint density at radius 1 is 1.06 bits per heavy atom. The second-order valence-electron chi connectivity index (χ2n) is 8.25. The highest BCUT2D eigenvalue weighted by molar-refractivity contribution is 7.98. The van der Waals surface area contributed by atoms with Crippen molar-refractivity contribution in [2.45, 2.75) is 76.7 Å². The van der Waals surface area contributed by atoms with E-state index in [9.17, 15) is 29.4 Å². The van der Waals surface area contributed by atoms with Gasteiger partial charge in [0.1, 0.15) is 12.1 Å². The van der Waals surface area contributed by atoms with Crippen LogP contribution >= 0.6 is 11.8 Å². The van der Waals surface area contributed by atoms with Gasteiger partial charge in [0.05, 0.1) is 12.1 Å². The average Bonchev–Trinajstić information content (AvgIpc) is 3.22. The molecule has 0 aliphatic carbocycles. The molecule has 1 aliphatic heterocycles. The van der Waals surface area contributed by atoms with Gasteiger partial charge >= 0.3 is 5.97 Å². The van der Waals surface area contributed by atoms with Crippen LogP contribution in [0.15, 0.2) is 0 Å². The Kier molecular flexibility index (Phi) is 11.9. The Morgan fingerprint density at radius 3 is 2.19 bits per heavy atom. The molecular weight excluding hydrogens is 424 g/mol. The first-order chi connectivity index (χ1) is 14.6. The first-order valence-corrected chi connectivity index (χ1v) is 12.0. The van der Waals surface area contributed by atoms with E-state index < -0.39 is 42.0 Å². The molecule has 0 radical (unpaired) electrons. The maximum atomic E-state index is 12.9. The molecule has 1 aliphatic rings. The Hall–Kier alpha value is -1.85. The van der Waals surface area contributed by atoms with E-state index in [1.807, 2.05) is 20.1 Å². The van der Waals surface area contributed by atoms with Crippen LogP contribution in [-0.4, -0.2) is 82.7 Å². The first kappa shape index (κ1) is 27.2. The Labute approximate surface area is 187 Å². The van der Waals surface area contributed by atoms with Crippen LogP contribution in [0.3, 0.4) is 0 Å². The molecule has 6 N–H and O–H groups in total. The quantitative estimate of drug-likeness (QED) is 0.214. The normalized spacial score (nSPS) is 19.9. The van der Waals surface area contributed by atoms with Gasteiger partial charge in [-0.1, -0.05) is 13.8 Å². The summed E-state index contributed by atoms with van der Waals surface area (Å²) in [5, 5.41) is 29.7. The minimum Gasteiger partial charge on any atom is -0.480 e. The lowest BCUT2D eigenvalue weighted by atomic mass is 10.0. The summed E-state index contributed by atoms with van der Waals surface area (Å²) in [5.74, 6) is -2.13. The fourth-order valence-electron chi connectivity index (χ4n) is 3.30. The standard InChI is InChI=1S/C20H36N4O6S/c1-11(2)10-15(19(28)24-16(12(3)25)20(29)30)23-18(27)14(7-9-31-4)22-17(26)13-6-5-8-21-13/h11-16,21,25H,5-10H2,1-4H3,(H,22,26)(H,23,27)(H,24,28)(H,29,30). The first-order valence-electron chi connectivity index (χ1n) is 10.6. The third kappa shape index (κ3) is 9.44. The van der Waals surface area contributed by atoms with Crippen molar-refractivity contribution in [3.63, 3.8) is 0 Å². The molecule has 10 nitrogen and oxygen atoms in total. The fourth-order valence-corrected chi connectivity index (χ4v) is 3.77. The summed E-state index contributed by atoms with van der Waals surface area (Å²) in [4.78, 5) is 49.4. The summed E-state index contributed by atoms with van der Waals surface area (Å²) in [6, 6.07) is -3.62. The lowest BCUT2D eigenvalue weighted by Gasteiger charge is -2.26. The lowest BCUT2D eigenvalue weighted by Crippen LogP contribution is -2.58. The number of rotatable bonds is 13. The highest BCUT2D eigenvalue weighted by Gasteiger charge is 2.32. The second kappa shape index (κ2) is 13.5. The molecule has 31 heavy (non-hydrogen) atoms. The molecule has 3 amide bonds. The summed E-state index contributed by atoms with van der Waals surface area (Å²) in [6.45, 7) is 5.76. The van der Waals surface area contributed by atoms with Crippen LogP contribution in [0, 0.1) is 5.92 Å². The molecule has 0 saturated carbocycles. The molecule has 5 unspecified atom stereocenters. The van der Waals surface area contributed by atoms with Gasteiger partial charge in [0.25, 0.3) is 0 Å². The summed E-state index contributed by atoms with van der Waals surface area (Å²) in [5.41, 5.74) is 0. The molecule has 1 fully saturated rings. The van der Waals surface area contributed by atoms with E-state index in [2.05, 4.69) is 21.3 Å². The topological polar surface area (TPSA) is 157 Å². The number of carboxylic acids is 1. The van der Waals surface area contributed by atoms with Gasteiger partial charge < -0.3 is 31.5 Å². The maximum Gasteiger partial charge on any atom is 0.328 e. The highest BCUT2D eigenvalue weighted by atomic mass is 32.2. The van der Waals surface area contributed by atoms with E-state index in [0.717, 1.165) is 13.0 Å². The summed E-state index contributed by atoms with van der Waals surface area (Å²) >= 11 is 1.54. The number of nitrogens with one attached hydrogen (secondary N) is 4. The van der Waals surface area contributed by atoms with Crippen LogP contribution in [0.4, 0.5) is 0 Å². The van der Waals surface area contributed by atoms with Gasteiger partial charge in [-0.25, -0.2) is 4.79 Å². The van der Waals surface area contributed by atoms with Gasteiger partial charge in [0.15, 0.2) is 6.04 Å². The molecule has 178 valence electrons. The van der Waals surface area contributed by atoms with Crippen LogP contribution in [0.5, 0.6) is 0 Å². The predicted octanol–water partition coefficient (Wildman–Crippen LogP) is -0.543. The number of aliphatic hydroxyl groups excluding tert-OH is 1. The van der Waals surface area contributed by atoms with Crippen molar-refractivity contribution >= 4 is 35.5 Å². The number of amides is 3. The van der Waals surface area contributed by atoms with E-state index >= 15 is 0 Å². The smallest absolute Gasteiger partial charge is 0.328 e. The number of aliphatic carboxylic acids is 1. The van der Waals surface area contributed by atoms with Crippen LogP contribution in [0.1, 0.15) is 46.5 Å². The lowest BCUT2D eigenvalue weighted by molar-refractivity contribution is -0.145. The number of aliphatic hydroxyl groups is 1. The van der Waals surface area contributed by atoms with E-state index in [0.29, 0.717) is 18.6 Å². The molecule has 1 rings (SSSR count). The van der Waals surface area contributed by atoms with E-state index in [-0.39, 0.29) is 24.3 Å². The number of hydrogen-bond acceptors (Lipinski definition) is 7. The van der Waals surface area contributed by atoms with Crippen molar-refractivity contribution in [3.8, 4) is 0 Å². The minimum atomic E-state index is -1.49. The zero-order valence-corrected chi connectivity index (χ0v) is 19.5. The molecule has 11 heteroatoms. The molecule has 5 atom stereocenters. The molecular formula is C20H36N4O6S. The van der Waals surface area contributed by atoms with Crippen molar-refractivity contribution in [2.75, 3.05) is 18.6 Å². The summed E-state index contributed by atoms with van der Waals surface area (Å²) < 4.78 is 0. The van der Waals surface area contributed by atoms with Gasteiger partial charge in [0.2, 0.25) is 17.7 Å². The second-order valence-corrected chi connectivity index (χ2v) is 9.23. The molecule has 0 spiro atoms. The summed E-state index contributed by atoms with van der Waals surface area (Å²) in [6.07, 6.45) is 2.86. The molecule has 0 aromatic heterocycles. The minimum absolute atomic E-state index is 0.0350. The third-order valence-electron chi connectivity index (χ3n) is 5.01. The van der Waals surface area contributed by atoms with Crippen LogP contribution in [-0.2, 0) is 19.2 Å². The van der Waals surface area contributed by atoms with Gasteiger partial charge in [-0.3, -0.25) is 14.4 Å². The summed E-state index contributed by atoms with van der Waals surface area (Å²) in [7, 11) is 0. The molecule has 1 heterocycles. The highest BCUT2D eigenvalue weighted by Crippen LogP contribution is 2.10. The number of hydrogen-bond donors (Lipinski definition) is 6. The number of carbonyl (C=O) groups excluding carboxylic acids is 3. The van der Waals surface area contributed by atoms with Crippen LogP contribution in [0.2, 0.25) is 0 Å². The van der Waals surface area contributed by atoms with Crippen LogP contribution in [0.25, 0.3) is 0 Å². The van der Waals surface area contributed by atoms with E-state index in [1.54, 1.807) is 0 Å². The van der Waals surface area contributed by atoms with Crippen molar-refractivity contribution < 1.29 is 29.4 Å². The third-order valence-corrected chi connectivity index (χ3v) is 5.65. The number of carboxylic acid groups (broad SMARTS) is 1. The fraction of sp³-hybridized carbons (Fsp3) is 0.800. The van der Waals surface area contributed by atoms with E-state index in [1.165, 1.54) is 18.7 Å². The van der Waals surface area contributed by atoms with E-state index in [4.69, 9.17) is 0 Å². The van der Waals surface area contributed by atoms with Gasteiger partial charge in [0, 0.05) is 0 Å². The van der Waals surface area contributed by atoms with Crippen molar-refractivity contribution in [1.82, 2.24) is 21.3 Å². The largest absolute Gasteiger partial charge is 0.480 e. The predicted molar refractivity (Wildman–Crippen MR) is 119 cm³/mol. The maximum absolute atomic E-state index is 12.9. The molecule has 0 aromatic rings. The van der Waals surface area contributed by atoms with Crippen LogP contribution < -0.4 is 21.3 Å². The van der Waals surface area contributed by atoms with Gasteiger partial charge in [-0.05, 0) is 57.1 Å². The zero-order valence-electron chi connectivity index (χ0n) is 18.6. The van der Waals surface area contributed by atoms with Gasteiger partial charge in [-0.15, -0.1) is 0 Å². The molecule has 0 bridgehead atoms. The molecule has 1 saturated heterocycles. The van der Waals surface area contributed by atoms with Gasteiger partial charge in [-0.2, -0.15) is 11.8 Å². The van der Waals surface area contributed by atoms with Crippen molar-refractivity contribution in [2.24, 2.45) is 5.92 Å². The Balaban J connectivity index is 2.89. The number of carbonyl (C=O) groups is 4.